The number of rotatable bonds is 2. The molecule has 1 N–H and O–H groups in total. The minimum Gasteiger partial charge on any atom is -0.385 e. The fourth-order valence-electron chi connectivity index (χ4n) is 4.51. The standard InChI is InChI=1S/C21H31NO/c1-16-19-11-13-22(14-17-8-6-5-7-9-17)15-18(19)10-12-21(16,23)20(2,3)4/h5-9,18,23H,10-15H2,1-4H3. The molecule has 1 heterocycles. The first-order valence-electron chi connectivity index (χ1n) is 9.00. The molecule has 23 heavy (non-hydrogen) atoms. The van der Waals surface area contributed by atoms with Gasteiger partial charge in [-0.3, -0.25) is 4.90 Å². The molecule has 1 aromatic carbocycles. The van der Waals surface area contributed by atoms with Gasteiger partial charge in [-0.15, -0.1) is 0 Å². The second-order valence-corrected chi connectivity index (χ2v) is 8.47. The molecule has 0 radical (unpaired) electrons. The van der Waals surface area contributed by atoms with Crippen LogP contribution in [0.5, 0.6) is 0 Å². The highest BCUT2D eigenvalue weighted by Crippen LogP contribution is 2.48. The normalized spacial score (nSPS) is 29.5. The first-order chi connectivity index (χ1) is 10.8. The minimum absolute atomic E-state index is 0.0871. The topological polar surface area (TPSA) is 23.5 Å². The van der Waals surface area contributed by atoms with E-state index in [-0.39, 0.29) is 5.41 Å². The molecular formula is C21H31NO. The fraction of sp³-hybridized carbons (Fsp3) is 0.619. The number of fused-ring (bicyclic) bond motifs is 1. The lowest BCUT2D eigenvalue weighted by atomic mass is 9.62. The summed E-state index contributed by atoms with van der Waals surface area (Å²) < 4.78 is 0. The molecule has 0 bridgehead atoms. The van der Waals surface area contributed by atoms with Crippen molar-refractivity contribution in [2.45, 2.75) is 59.1 Å². The molecule has 0 saturated carbocycles. The second kappa shape index (κ2) is 6.07. The molecule has 2 unspecified atom stereocenters. The van der Waals surface area contributed by atoms with Gasteiger partial charge < -0.3 is 5.11 Å². The van der Waals surface area contributed by atoms with Crippen LogP contribution in [0, 0.1) is 11.3 Å². The molecule has 126 valence electrons. The predicted octanol–water partition coefficient (Wildman–Crippen LogP) is 4.40. The van der Waals surface area contributed by atoms with Crippen LogP contribution in [0.25, 0.3) is 0 Å². The SMILES string of the molecule is CC1=C2CCN(Cc3ccccc3)CC2CCC1(O)C(C)(C)C. The van der Waals surface area contributed by atoms with Gasteiger partial charge in [0.2, 0.25) is 0 Å². The monoisotopic (exact) mass is 313 g/mol. The quantitative estimate of drug-likeness (QED) is 0.818. The van der Waals surface area contributed by atoms with Crippen molar-refractivity contribution in [1.82, 2.24) is 4.90 Å². The smallest absolute Gasteiger partial charge is 0.0905 e. The maximum Gasteiger partial charge on any atom is 0.0905 e. The molecule has 1 aliphatic heterocycles. The molecule has 0 amide bonds. The number of nitrogens with zero attached hydrogens (tertiary/aromatic N) is 1. The van der Waals surface area contributed by atoms with Crippen LogP contribution in [-0.2, 0) is 6.54 Å². The van der Waals surface area contributed by atoms with Crippen molar-refractivity contribution in [1.29, 1.82) is 0 Å². The van der Waals surface area contributed by atoms with Crippen LogP contribution in [0.3, 0.4) is 0 Å². The largest absolute Gasteiger partial charge is 0.385 e. The fourth-order valence-corrected chi connectivity index (χ4v) is 4.51. The summed E-state index contributed by atoms with van der Waals surface area (Å²) in [6.07, 6.45) is 3.13. The van der Waals surface area contributed by atoms with Gasteiger partial charge in [-0.05, 0) is 48.7 Å². The van der Waals surface area contributed by atoms with Crippen LogP contribution >= 0.6 is 0 Å². The molecule has 1 fully saturated rings. The van der Waals surface area contributed by atoms with Gasteiger partial charge in [-0.1, -0.05) is 56.7 Å². The summed E-state index contributed by atoms with van der Waals surface area (Å²) in [5.41, 5.74) is 3.49. The molecule has 1 aliphatic carbocycles. The van der Waals surface area contributed by atoms with Crippen molar-refractivity contribution >= 4 is 0 Å². The Balaban J connectivity index is 1.75. The highest BCUT2D eigenvalue weighted by atomic mass is 16.3. The lowest BCUT2D eigenvalue weighted by molar-refractivity contribution is -0.0459. The van der Waals surface area contributed by atoms with E-state index in [4.69, 9.17) is 0 Å². The first kappa shape index (κ1) is 16.7. The van der Waals surface area contributed by atoms with Gasteiger partial charge in [-0.2, -0.15) is 0 Å². The number of benzene rings is 1. The van der Waals surface area contributed by atoms with Crippen molar-refractivity contribution in [2.24, 2.45) is 11.3 Å². The summed E-state index contributed by atoms with van der Waals surface area (Å²) in [5.74, 6) is 0.634. The molecule has 1 aromatic rings. The number of hydrogen-bond acceptors (Lipinski definition) is 2. The molecule has 2 heteroatoms. The van der Waals surface area contributed by atoms with Gasteiger partial charge in [0.15, 0.2) is 0 Å². The van der Waals surface area contributed by atoms with Crippen LogP contribution < -0.4 is 0 Å². The summed E-state index contributed by atoms with van der Waals surface area (Å²) in [6, 6.07) is 10.8. The molecule has 2 atom stereocenters. The summed E-state index contributed by atoms with van der Waals surface area (Å²) in [5, 5.41) is 11.2. The van der Waals surface area contributed by atoms with Gasteiger partial charge in [0.05, 0.1) is 5.60 Å². The van der Waals surface area contributed by atoms with E-state index in [0.717, 1.165) is 38.9 Å². The third-order valence-electron chi connectivity index (χ3n) is 6.12. The summed E-state index contributed by atoms with van der Waals surface area (Å²) in [6.45, 7) is 12.0. The van der Waals surface area contributed by atoms with Crippen molar-refractivity contribution in [3.05, 3.63) is 47.0 Å². The minimum atomic E-state index is -0.625. The number of aliphatic hydroxyl groups is 1. The molecular weight excluding hydrogens is 282 g/mol. The van der Waals surface area contributed by atoms with E-state index in [2.05, 4.69) is 62.9 Å². The Kier molecular flexibility index (Phi) is 4.41. The van der Waals surface area contributed by atoms with Gasteiger partial charge in [0, 0.05) is 19.6 Å². The van der Waals surface area contributed by atoms with Gasteiger partial charge in [0.1, 0.15) is 0 Å². The molecule has 2 nitrogen and oxygen atoms in total. The first-order valence-corrected chi connectivity index (χ1v) is 9.00. The van der Waals surface area contributed by atoms with E-state index in [9.17, 15) is 5.11 Å². The van der Waals surface area contributed by atoms with Crippen molar-refractivity contribution in [3.63, 3.8) is 0 Å². The lowest BCUT2D eigenvalue weighted by Gasteiger charge is -2.49. The van der Waals surface area contributed by atoms with E-state index < -0.39 is 5.60 Å². The van der Waals surface area contributed by atoms with Gasteiger partial charge in [0.25, 0.3) is 0 Å². The van der Waals surface area contributed by atoms with Gasteiger partial charge >= 0.3 is 0 Å². The van der Waals surface area contributed by atoms with Crippen LogP contribution in [0.15, 0.2) is 41.5 Å². The Bertz CT molecular complexity index is 584. The zero-order valence-electron chi connectivity index (χ0n) is 15.1. The third kappa shape index (κ3) is 3.12. The Morgan fingerprint density at radius 1 is 1.22 bits per heavy atom. The van der Waals surface area contributed by atoms with Crippen molar-refractivity contribution in [3.8, 4) is 0 Å². The maximum atomic E-state index is 11.2. The van der Waals surface area contributed by atoms with Crippen LogP contribution in [-0.4, -0.2) is 28.7 Å². The van der Waals surface area contributed by atoms with Crippen LogP contribution in [0.2, 0.25) is 0 Å². The molecule has 1 saturated heterocycles. The summed E-state index contributed by atoms with van der Waals surface area (Å²) >= 11 is 0. The Hall–Kier alpha value is -1.12. The highest BCUT2D eigenvalue weighted by molar-refractivity contribution is 5.31. The van der Waals surface area contributed by atoms with E-state index in [0.29, 0.717) is 5.92 Å². The number of likely N-dealkylation sites (tertiary alicyclic amines) is 1. The van der Waals surface area contributed by atoms with E-state index in [1.807, 2.05) is 0 Å². The second-order valence-electron chi connectivity index (χ2n) is 8.47. The molecule has 0 spiro atoms. The Morgan fingerprint density at radius 2 is 1.91 bits per heavy atom. The lowest BCUT2D eigenvalue weighted by Crippen LogP contribution is -2.50. The van der Waals surface area contributed by atoms with Crippen molar-refractivity contribution < 1.29 is 5.11 Å². The zero-order valence-corrected chi connectivity index (χ0v) is 15.1. The van der Waals surface area contributed by atoms with Crippen LogP contribution in [0.1, 0.15) is 52.5 Å². The summed E-state index contributed by atoms with van der Waals surface area (Å²) in [7, 11) is 0. The maximum absolute atomic E-state index is 11.2. The third-order valence-corrected chi connectivity index (χ3v) is 6.12. The van der Waals surface area contributed by atoms with E-state index >= 15 is 0 Å². The molecule has 2 aliphatic rings. The Morgan fingerprint density at radius 3 is 2.57 bits per heavy atom. The zero-order chi connectivity index (χ0) is 16.7. The van der Waals surface area contributed by atoms with Crippen molar-refractivity contribution in [2.75, 3.05) is 13.1 Å². The Labute approximate surface area is 141 Å². The molecule has 0 aromatic heterocycles. The molecule has 3 rings (SSSR count). The number of piperidine rings is 1. The average molecular weight is 313 g/mol. The van der Waals surface area contributed by atoms with E-state index in [1.165, 1.54) is 16.7 Å². The summed E-state index contributed by atoms with van der Waals surface area (Å²) in [4.78, 5) is 2.58. The highest BCUT2D eigenvalue weighted by Gasteiger charge is 2.46. The van der Waals surface area contributed by atoms with Crippen LogP contribution in [0.4, 0.5) is 0 Å². The average Bonchev–Trinajstić information content (AvgIpc) is 2.51. The van der Waals surface area contributed by atoms with E-state index in [1.54, 1.807) is 0 Å². The predicted molar refractivity (Wildman–Crippen MR) is 96.2 cm³/mol. The number of hydrogen-bond donors (Lipinski definition) is 1. The van der Waals surface area contributed by atoms with Gasteiger partial charge in [-0.25, -0.2) is 0 Å².